The highest BCUT2D eigenvalue weighted by atomic mass is 16.5. The van der Waals surface area contributed by atoms with Crippen molar-refractivity contribution >= 4 is 17.7 Å². The highest BCUT2D eigenvalue weighted by molar-refractivity contribution is 5.93. The zero-order valence-electron chi connectivity index (χ0n) is 11.9. The lowest BCUT2D eigenvalue weighted by molar-refractivity contribution is -0.137. The molecule has 0 aliphatic carbocycles. The van der Waals surface area contributed by atoms with Crippen LogP contribution in [-0.4, -0.2) is 37.8 Å². The minimum Gasteiger partial charge on any atom is -0.495 e. The second-order valence-electron chi connectivity index (χ2n) is 4.62. The third-order valence-corrected chi connectivity index (χ3v) is 2.88. The van der Waals surface area contributed by atoms with Crippen molar-refractivity contribution < 1.29 is 19.4 Å². The van der Waals surface area contributed by atoms with Crippen LogP contribution in [0.2, 0.25) is 0 Å². The van der Waals surface area contributed by atoms with Crippen molar-refractivity contribution in [2.45, 2.75) is 13.3 Å². The number of nitrogens with one attached hydrogen (secondary N) is 1. The highest BCUT2D eigenvalue weighted by Gasteiger charge is 2.16. The molecule has 6 nitrogen and oxygen atoms in total. The summed E-state index contributed by atoms with van der Waals surface area (Å²) in [5.74, 6) is -0.393. The maximum Gasteiger partial charge on any atom is 0.321 e. The topological polar surface area (TPSA) is 78.9 Å². The third kappa shape index (κ3) is 4.46. The van der Waals surface area contributed by atoms with E-state index in [4.69, 9.17) is 9.84 Å². The number of carbonyl (C=O) groups is 2. The van der Waals surface area contributed by atoms with E-state index in [1.807, 2.05) is 12.1 Å². The predicted molar refractivity (Wildman–Crippen MR) is 76.2 cm³/mol. The molecule has 0 radical (unpaired) electrons. The van der Waals surface area contributed by atoms with E-state index >= 15 is 0 Å². The van der Waals surface area contributed by atoms with Crippen LogP contribution >= 0.6 is 0 Å². The van der Waals surface area contributed by atoms with E-state index in [0.29, 0.717) is 18.0 Å². The van der Waals surface area contributed by atoms with Crippen molar-refractivity contribution in [2.24, 2.45) is 5.92 Å². The first-order valence-electron chi connectivity index (χ1n) is 6.32. The number of hydrogen-bond donors (Lipinski definition) is 2. The summed E-state index contributed by atoms with van der Waals surface area (Å²) in [5.41, 5.74) is 0.651. The van der Waals surface area contributed by atoms with Crippen molar-refractivity contribution in [1.82, 2.24) is 5.32 Å². The lowest BCUT2D eigenvalue weighted by Gasteiger charge is -2.21. The van der Waals surface area contributed by atoms with Crippen LogP contribution in [0.4, 0.5) is 10.5 Å². The zero-order valence-corrected chi connectivity index (χ0v) is 11.9. The summed E-state index contributed by atoms with van der Waals surface area (Å²) in [5, 5.41) is 11.4. The minimum atomic E-state index is -0.871. The number of anilines is 1. The predicted octanol–water partition coefficient (Wildman–Crippen LogP) is 1.95. The summed E-state index contributed by atoms with van der Waals surface area (Å²) in [6, 6.07) is 6.88. The Hall–Kier alpha value is -2.24. The molecule has 1 aromatic carbocycles. The second-order valence-corrected chi connectivity index (χ2v) is 4.62. The fourth-order valence-corrected chi connectivity index (χ4v) is 1.77. The molecule has 6 heteroatoms. The van der Waals surface area contributed by atoms with Crippen molar-refractivity contribution in [2.75, 3.05) is 25.6 Å². The van der Waals surface area contributed by atoms with E-state index in [1.165, 1.54) is 4.90 Å². The Kier molecular flexibility index (Phi) is 5.83. The average molecular weight is 280 g/mol. The molecule has 0 saturated heterocycles. The van der Waals surface area contributed by atoms with Gasteiger partial charge in [-0.3, -0.25) is 9.69 Å². The van der Waals surface area contributed by atoms with Crippen LogP contribution in [-0.2, 0) is 4.79 Å². The second kappa shape index (κ2) is 7.37. The molecule has 0 spiro atoms. The van der Waals surface area contributed by atoms with Crippen molar-refractivity contribution in [3.05, 3.63) is 24.3 Å². The van der Waals surface area contributed by atoms with Crippen LogP contribution in [0.3, 0.4) is 0 Å². The number of hydrogen-bond acceptors (Lipinski definition) is 3. The molecule has 0 fully saturated rings. The number of aliphatic carboxylic acids is 1. The molecule has 1 aromatic rings. The van der Waals surface area contributed by atoms with E-state index in [-0.39, 0.29) is 18.4 Å². The molecule has 0 aliphatic heterocycles. The van der Waals surface area contributed by atoms with E-state index in [1.54, 1.807) is 33.2 Å². The number of nitrogens with zero attached hydrogens (tertiary/aromatic N) is 1. The van der Waals surface area contributed by atoms with Crippen LogP contribution in [0.15, 0.2) is 24.3 Å². The van der Waals surface area contributed by atoms with Gasteiger partial charge >= 0.3 is 12.0 Å². The van der Waals surface area contributed by atoms with Gasteiger partial charge in [-0.25, -0.2) is 4.79 Å². The molecule has 0 aromatic heterocycles. The Morgan fingerprint density at radius 3 is 2.65 bits per heavy atom. The van der Waals surface area contributed by atoms with Gasteiger partial charge in [-0.1, -0.05) is 19.1 Å². The fraction of sp³-hybridized carbons (Fsp3) is 0.429. The smallest absolute Gasteiger partial charge is 0.321 e. The Labute approximate surface area is 118 Å². The Morgan fingerprint density at radius 1 is 1.40 bits per heavy atom. The molecule has 1 unspecified atom stereocenters. The van der Waals surface area contributed by atoms with Gasteiger partial charge in [0.2, 0.25) is 0 Å². The number of carboxylic acids is 1. The molecular formula is C14H20N2O4. The standard InChI is InChI=1S/C14H20N2O4/c1-10(8-13(17)18)9-15-14(19)16(2)11-6-4-5-7-12(11)20-3/h4-7,10H,8-9H2,1-3H3,(H,15,19)(H,17,18). The quantitative estimate of drug-likeness (QED) is 0.834. The fourth-order valence-electron chi connectivity index (χ4n) is 1.77. The molecule has 1 atom stereocenters. The van der Waals surface area contributed by atoms with Gasteiger partial charge in [-0.15, -0.1) is 0 Å². The molecule has 0 saturated carbocycles. The summed E-state index contributed by atoms with van der Waals surface area (Å²) in [7, 11) is 3.18. The van der Waals surface area contributed by atoms with E-state index in [2.05, 4.69) is 5.32 Å². The number of urea groups is 1. The number of rotatable bonds is 6. The molecule has 0 aliphatic rings. The van der Waals surface area contributed by atoms with Crippen LogP contribution in [0.5, 0.6) is 5.75 Å². The normalized spacial score (nSPS) is 11.6. The van der Waals surface area contributed by atoms with Gasteiger partial charge in [-0.2, -0.15) is 0 Å². The summed E-state index contributed by atoms with van der Waals surface area (Å²) in [6.45, 7) is 2.09. The van der Waals surface area contributed by atoms with E-state index in [9.17, 15) is 9.59 Å². The Morgan fingerprint density at radius 2 is 2.05 bits per heavy atom. The lowest BCUT2D eigenvalue weighted by Crippen LogP contribution is -2.39. The summed E-state index contributed by atoms with van der Waals surface area (Å²) in [6.07, 6.45) is 0.0264. The largest absolute Gasteiger partial charge is 0.495 e. The maximum atomic E-state index is 12.0. The number of carbonyl (C=O) groups excluding carboxylic acids is 1. The van der Waals surface area contributed by atoms with Crippen molar-refractivity contribution in [3.8, 4) is 5.75 Å². The lowest BCUT2D eigenvalue weighted by atomic mass is 10.1. The third-order valence-electron chi connectivity index (χ3n) is 2.88. The van der Waals surface area contributed by atoms with Gasteiger partial charge in [0.25, 0.3) is 0 Å². The number of benzene rings is 1. The summed E-state index contributed by atoms with van der Waals surface area (Å²) in [4.78, 5) is 24.0. The Balaban J connectivity index is 2.61. The van der Waals surface area contributed by atoms with Gasteiger partial charge in [-0.05, 0) is 18.1 Å². The summed E-state index contributed by atoms with van der Waals surface area (Å²) < 4.78 is 5.20. The van der Waals surface area contributed by atoms with Crippen LogP contribution in [0, 0.1) is 5.92 Å². The zero-order chi connectivity index (χ0) is 15.1. The molecule has 0 heterocycles. The summed E-state index contributed by atoms with van der Waals surface area (Å²) >= 11 is 0. The number of amides is 2. The average Bonchev–Trinajstić information content (AvgIpc) is 2.43. The number of methoxy groups -OCH3 is 1. The first kappa shape index (κ1) is 15.8. The first-order valence-corrected chi connectivity index (χ1v) is 6.32. The molecule has 2 amide bonds. The molecule has 2 N–H and O–H groups in total. The number of ether oxygens (including phenoxy) is 1. The minimum absolute atomic E-state index is 0.0264. The molecule has 0 bridgehead atoms. The van der Waals surface area contributed by atoms with Crippen LogP contribution in [0.25, 0.3) is 0 Å². The van der Waals surface area contributed by atoms with Crippen LogP contribution < -0.4 is 15.0 Å². The van der Waals surface area contributed by atoms with E-state index in [0.717, 1.165) is 0 Å². The van der Waals surface area contributed by atoms with Gasteiger partial charge in [0.1, 0.15) is 5.75 Å². The molecule has 1 rings (SSSR count). The number of para-hydroxylation sites is 2. The highest BCUT2D eigenvalue weighted by Crippen LogP contribution is 2.26. The van der Waals surface area contributed by atoms with Crippen LogP contribution in [0.1, 0.15) is 13.3 Å². The molecular weight excluding hydrogens is 260 g/mol. The van der Waals surface area contributed by atoms with E-state index < -0.39 is 5.97 Å². The first-order chi connectivity index (χ1) is 9.45. The number of carboxylic acid groups (broad SMARTS) is 1. The molecule has 110 valence electrons. The monoisotopic (exact) mass is 280 g/mol. The van der Waals surface area contributed by atoms with Gasteiger partial charge in [0, 0.05) is 20.0 Å². The Bertz CT molecular complexity index is 476. The van der Waals surface area contributed by atoms with Gasteiger partial charge in [0.05, 0.1) is 12.8 Å². The van der Waals surface area contributed by atoms with Gasteiger partial charge in [0.15, 0.2) is 0 Å². The SMILES string of the molecule is COc1ccccc1N(C)C(=O)NCC(C)CC(=O)O. The molecule has 20 heavy (non-hydrogen) atoms. The van der Waals surface area contributed by atoms with Crippen molar-refractivity contribution in [1.29, 1.82) is 0 Å². The maximum absolute atomic E-state index is 12.0. The van der Waals surface area contributed by atoms with Crippen molar-refractivity contribution in [3.63, 3.8) is 0 Å². The van der Waals surface area contributed by atoms with Gasteiger partial charge < -0.3 is 15.2 Å².